The highest BCUT2D eigenvalue weighted by atomic mass is 16.1. The van der Waals surface area contributed by atoms with Crippen molar-refractivity contribution in [3.8, 4) is 0 Å². The summed E-state index contributed by atoms with van der Waals surface area (Å²) in [6.45, 7) is 3.29. The molecule has 1 amide bonds. The number of hydrogen-bond donors (Lipinski definition) is 2. The number of hydrogen-bond acceptors (Lipinski definition) is 2. The number of benzene rings is 1. The molecule has 1 aliphatic carbocycles. The van der Waals surface area contributed by atoms with Crippen LogP contribution < -0.4 is 10.6 Å². The highest BCUT2D eigenvalue weighted by molar-refractivity contribution is 5.92. The summed E-state index contributed by atoms with van der Waals surface area (Å²) in [6.07, 6.45) is 7.82. The van der Waals surface area contributed by atoms with Gasteiger partial charge in [0.1, 0.15) is 0 Å². The highest BCUT2D eigenvalue weighted by Crippen LogP contribution is 2.38. The Hall–Kier alpha value is -1.35. The molecule has 0 saturated heterocycles. The Kier molecular flexibility index (Phi) is 4.59. The van der Waals surface area contributed by atoms with Crippen LogP contribution in [-0.2, 0) is 11.2 Å². The van der Waals surface area contributed by atoms with E-state index in [1.807, 2.05) is 0 Å². The van der Waals surface area contributed by atoms with Crippen LogP contribution in [0.2, 0.25) is 0 Å². The molecule has 1 aromatic carbocycles. The molecule has 3 rings (SSSR count). The molecule has 3 nitrogen and oxygen atoms in total. The molecule has 1 fully saturated rings. The molecule has 3 heteroatoms. The number of fused-ring (bicyclic) bond motifs is 1. The lowest BCUT2D eigenvalue weighted by Gasteiger charge is -2.20. The third-order valence-electron chi connectivity index (χ3n) is 4.56. The van der Waals surface area contributed by atoms with Gasteiger partial charge in [-0.05, 0) is 55.3 Å². The highest BCUT2D eigenvalue weighted by Gasteiger charge is 2.26. The Labute approximate surface area is 127 Å². The second-order valence-electron chi connectivity index (χ2n) is 6.50. The molecule has 1 heterocycles. The molecule has 1 saturated carbocycles. The predicted molar refractivity (Wildman–Crippen MR) is 86.4 cm³/mol. The predicted octanol–water partition coefficient (Wildman–Crippen LogP) is 3.80. The molecule has 1 unspecified atom stereocenters. The van der Waals surface area contributed by atoms with E-state index >= 15 is 0 Å². The van der Waals surface area contributed by atoms with Crippen LogP contribution >= 0.6 is 0 Å². The van der Waals surface area contributed by atoms with E-state index in [-0.39, 0.29) is 5.91 Å². The summed E-state index contributed by atoms with van der Waals surface area (Å²) in [7, 11) is 0. The Morgan fingerprint density at radius 2 is 2.19 bits per heavy atom. The molecular weight excluding hydrogens is 260 g/mol. The number of amides is 1. The summed E-state index contributed by atoms with van der Waals surface area (Å²) in [5.74, 6) is 1.07. The van der Waals surface area contributed by atoms with Crippen LogP contribution in [-0.4, -0.2) is 12.5 Å². The van der Waals surface area contributed by atoms with E-state index in [0.717, 1.165) is 31.0 Å². The standard InChI is InChI=1S/C18H26N2O/c1-2-10-19-17(11-13-6-7-13)15-8-9-16-14(12-15)4-3-5-18(21)20-16/h8-9,12-13,17,19H,2-7,10-11H2,1H3,(H,20,21). The maximum atomic E-state index is 11.6. The smallest absolute Gasteiger partial charge is 0.224 e. The molecule has 1 atom stereocenters. The monoisotopic (exact) mass is 286 g/mol. The van der Waals surface area contributed by atoms with Gasteiger partial charge in [0.2, 0.25) is 5.91 Å². The molecule has 0 bridgehead atoms. The van der Waals surface area contributed by atoms with Gasteiger partial charge < -0.3 is 10.6 Å². The van der Waals surface area contributed by atoms with E-state index in [2.05, 4.69) is 35.8 Å². The van der Waals surface area contributed by atoms with Crippen molar-refractivity contribution in [3.05, 3.63) is 29.3 Å². The zero-order chi connectivity index (χ0) is 14.7. The first-order chi connectivity index (χ1) is 10.3. The first kappa shape index (κ1) is 14.6. The number of anilines is 1. The van der Waals surface area contributed by atoms with Gasteiger partial charge in [0.05, 0.1) is 0 Å². The fraction of sp³-hybridized carbons (Fsp3) is 0.611. The molecular formula is C18H26N2O. The average molecular weight is 286 g/mol. The van der Waals surface area contributed by atoms with Crippen molar-refractivity contribution >= 4 is 11.6 Å². The van der Waals surface area contributed by atoms with E-state index < -0.39 is 0 Å². The third-order valence-corrected chi connectivity index (χ3v) is 4.56. The van der Waals surface area contributed by atoms with Crippen LogP contribution in [0.1, 0.15) is 62.6 Å². The van der Waals surface area contributed by atoms with Crippen molar-refractivity contribution in [2.75, 3.05) is 11.9 Å². The first-order valence-corrected chi connectivity index (χ1v) is 8.42. The second kappa shape index (κ2) is 6.61. The molecule has 1 aromatic rings. The minimum absolute atomic E-state index is 0.153. The molecule has 2 N–H and O–H groups in total. The number of carbonyl (C=O) groups excluding carboxylic acids is 1. The van der Waals surface area contributed by atoms with E-state index in [4.69, 9.17) is 0 Å². The van der Waals surface area contributed by atoms with E-state index in [1.54, 1.807) is 0 Å². The largest absolute Gasteiger partial charge is 0.326 e. The quantitative estimate of drug-likeness (QED) is 0.835. The summed E-state index contributed by atoms with van der Waals surface area (Å²) in [6, 6.07) is 7.08. The lowest BCUT2D eigenvalue weighted by Crippen LogP contribution is -2.23. The van der Waals surface area contributed by atoms with Gasteiger partial charge in [-0.3, -0.25) is 4.79 Å². The van der Waals surface area contributed by atoms with Crippen molar-refractivity contribution in [2.24, 2.45) is 5.92 Å². The molecule has 1 aliphatic heterocycles. The Morgan fingerprint density at radius 1 is 1.33 bits per heavy atom. The van der Waals surface area contributed by atoms with Gasteiger partial charge >= 0.3 is 0 Å². The zero-order valence-corrected chi connectivity index (χ0v) is 13.0. The van der Waals surface area contributed by atoms with Gasteiger partial charge in [0.15, 0.2) is 0 Å². The van der Waals surface area contributed by atoms with Crippen molar-refractivity contribution in [1.82, 2.24) is 5.32 Å². The molecule has 21 heavy (non-hydrogen) atoms. The first-order valence-electron chi connectivity index (χ1n) is 8.42. The Bertz CT molecular complexity index is 508. The third kappa shape index (κ3) is 3.85. The molecule has 0 radical (unpaired) electrons. The van der Waals surface area contributed by atoms with Crippen LogP contribution in [0.15, 0.2) is 18.2 Å². The summed E-state index contributed by atoms with van der Waals surface area (Å²) in [5, 5.41) is 6.73. The van der Waals surface area contributed by atoms with Crippen LogP contribution in [0.5, 0.6) is 0 Å². The van der Waals surface area contributed by atoms with Crippen LogP contribution in [0, 0.1) is 5.92 Å². The van der Waals surface area contributed by atoms with Gasteiger partial charge in [0, 0.05) is 18.2 Å². The lowest BCUT2D eigenvalue weighted by molar-refractivity contribution is -0.116. The van der Waals surface area contributed by atoms with Gasteiger partial charge in [-0.1, -0.05) is 31.9 Å². The van der Waals surface area contributed by atoms with Gasteiger partial charge in [-0.2, -0.15) is 0 Å². The van der Waals surface area contributed by atoms with Gasteiger partial charge in [-0.25, -0.2) is 0 Å². The number of rotatable bonds is 6. The zero-order valence-electron chi connectivity index (χ0n) is 13.0. The molecule has 114 valence electrons. The Balaban J connectivity index is 1.78. The minimum Gasteiger partial charge on any atom is -0.326 e. The van der Waals surface area contributed by atoms with E-state index in [1.165, 1.54) is 36.8 Å². The number of nitrogens with one attached hydrogen (secondary N) is 2. The van der Waals surface area contributed by atoms with E-state index in [9.17, 15) is 4.79 Å². The van der Waals surface area contributed by atoms with Gasteiger partial charge in [-0.15, -0.1) is 0 Å². The van der Waals surface area contributed by atoms with Crippen molar-refractivity contribution < 1.29 is 4.79 Å². The van der Waals surface area contributed by atoms with Crippen LogP contribution in [0.25, 0.3) is 0 Å². The maximum Gasteiger partial charge on any atom is 0.224 e. The van der Waals surface area contributed by atoms with Crippen LogP contribution in [0.4, 0.5) is 5.69 Å². The summed E-state index contributed by atoms with van der Waals surface area (Å²) >= 11 is 0. The SMILES string of the molecule is CCCNC(CC1CC1)c1ccc2c(c1)CCCC(=O)N2. The number of carbonyl (C=O) groups is 1. The summed E-state index contributed by atoms with van der Waals surface area (Å²) in [5.41, 5.74) is 3.71. The topological polar surface area (TPSA) is 41.1 Å². The average Bonchev–Trinajstić information content (AvgIpc) is 3.29. The second-order valence-corrected chi connectivity index (χ2v) is 6.50. The maximum absolute atomic E-state index is 11.6. The van der Waals surface area contributed by atoms with Crippen molar-refractivity contribution in [2.45, 2.75) is 57.9 Å². The fourth-order valence-corrected chi connectivity index (χ4v) is 3.15. The summed E-state index contributed by atoms with van der Waals surface area (Å²) < 4.78 is 0. The number of aryl methyl sites for hydroxylation is 1. The van der Waals surface area contributed by atoms with Crippen LogP contribution in [0.3, 0.4) is 0 Å². The molecule has 2 aliphatic rings. The van der Waals surface area contributed by atoms with E-state index in [0.29, 0.717) is 12.5 Å². The normalized spacial score (nSPS) is 19.6. The molecule has 0 spiro atoms. The molecule has 0 aromatic heterocycles. The van der Waals surface area contributed by atoms with Crippen molar-refractivity contribution in [3.63, 3.8) is 0 Å². The fourth-order valence-electron chi connectivity index (χ4n) is 3.15. The summed E-state index contributed by atoms with van der Waals surface area (Å²) in [4.78, 5) is 11.6. The van der Waals surface area contributed by atoms with Crippen molar-refractivity contribution in [1.29, 1.82) is 0 Å². The minimum atomic E-state index is 0.153. The Morgan fingerprint density at radius 3 is 2.95 bits per heavy atom. The lowest BCUT2D eigenvalue weighted by atomic mass is 9.96. The van der Waals surface area contributed by atoms with Gasteiger partial charge in [0.25, 0.3) is 0 Å².